The number of benzene rings is 2. The lowest BCUT2D eigenvalue weighted by Crippen LogP contribution is -2.43. The van der Waals surface area contributed by atoms with Crippen LogP contribution in [-0.4, -0.2) is 24.5 Å². The highest BCUT2D eigenvalue weighted by Crippen LogP contribution is 2.08. The molecule has 0 aliphatic rings. The summed E-state index contributed by atoms with van der Waals surface area (Å²) in [5.74, 6) is -0.694. The number of carbonyl (C=O) groups excluding carboxylic acids is 2. The van der Waals surface area contributed by atoms with Crippen LogP contribution in [0, 0.1) is 6.92 Å². The van der Waals surface area contributed by atoms with Crippen molar-refractivity contribution in [3.63, 3.8) is 0 Å². The summed E-state index contributed by atoms with van der Waals surface area (Å²) in [4.78, 5) is 24.5. The first-order valence-electron chi connectivity index (χ1n) is 7.68. The summed E-state index contributed by atoms with van der Waals surface area (Å²) in [6.45, 7) is 3.95. The van der Waals surface area contributed by atoms with Gasteiger partial charge in [0.2, 0.25) is 0 Å². The molecule has 0 unspecified atom stereocenters. The molecule has 120 valence electrons. The van der Waals surface area contributed by atoms with Crippen molar-refractivity contribution in [1.29, 1.82) is 0 Å². The number of amides is 1. The largest absolute Gasteiger partial charge is 0.464 e. The molecule has 1 N–H and O–H groups in total. The summed E-state index contributed by atoms with van der Waals surface area (Å²) in [5, 5.41) is 2.78. The van der Waals surface area contributed by atoms with Crippen LogP contribution < -0.4 is 5.32 Å². The Bertz CT molecular complexity index is 667. The number of hydrogen-bond donors (Lipinski definition) is 1. The second kappa shape index (κ2) is 8.13. The molecule has 0 radical (unpaired) electrons. The second-order valence-corrected chi connectivity index (χ2v) is 5.34. The molecule has 2 aromatic rings. The maximum atomic E-state index is 12.4. The quantitative estimate of drug-likeness (QED) is 0.835. The van der Waals surface area contributed by atoms with E-state index in [-0.39, 0.29) is 12.5 Å². The highest BCUT2D eigenvalue weighted by Gasteiger charge is 2.23. The van der Waals surface area contributed by atoms with E-state index in [1.807, 2.05) is 49.4 Å². The zero-order valence-corrected chi connectivity index (χ0v) is 13.4. The van der Waals surface area contributed by atoms with Crippen LogP contribution in [0.5, 0.6) is 0 Å². The van der Waals surface area contributed by atoms with Gasteiger partial charge in [-0.15, -0.1) is 0 Å². The monoisotopic (exact) mass is 311 g/mol. The fourth-order valence-electron chi connectivity index (χ4n) is 2.31. The lowest BCUT2D eigenvalue weighted by atomic mass is 10.0. The van der Waals surface area contributed by atoms with Crippen LogP contribution in [-0.2, 0) is 16.0 Å². The summed E-state index contributed by atoms with van der Waals surface area (Å²) >= 11 is 0. The summed E-state index contributed by atoms with van der Waals surface area (Å²) in [5.41, 5.74) is 2.50. The summed E-state index contributed by atoms with van der Waals surface area (Å²) in [6.07, 6.45) is 0.400. The zero-order valence-electron chi connectivity index (χ0n) is 13.4. The van der Waals surface area contributed by atoms with E-state index in [0.717, 1.165) is 11.1 Å². The Labute approximate surface area is 136 Å². The molecule has 0 fully saturated rings. The Morgan fingerprint density at radius 1 is 1.09 bits per heavy atom. The lowest BCUT2D eigenvalue weighted by molar-refractivity contribution is -0.145. The maximum Gasteiger partial charge on any atom is 0.328 e. The first-order chi connectivity index (χ1) is 11.1. The molecule has 1 atom stereocenters. The van der Waals surface area contributed by atoms with Crippen LogP contribution in [0.15, 0.2) is 54.6 Å². The van der Waals surface area contributed by atoms with Crippen LogP contribution in [0.25, 0.3) is 0 Å². The molecular weight excluding hydrogens is 290 g/mol. The van der Waals surface area contributed by atoms with E-state index < -0.39 is 12.0 Å². The fourth-order valence-corrected chi connectivity index (χ4v) is 2.31. The second-order valence-electron chi connectivity index (χ2n) is 5.34. The van der Waals surface area contributed by atoms with Crippen molar-refractivity contribution in [1.82, 2.24) is 5.32 Å². The molecule has 4 nitrogen and oxygen atoms in total. The van der Waals surface area contributed by atoms with E-state index in [4.69, 9.17) is 4.74 Å². The van der Waals surface area contributed by atoms with Crippen molar-refractivity contribution in [3.8, 4) is 0 Å². The minimum Gasteiger partial charge on any atom is -0.464 e. The van der Waals surface area contributed by atoms with Crippen molar-refractivity contribution in [2.45, 2.75) is 26.3 Å². The smallest absolute Gasteiger partial charge is 0.328 e. The average Bonchev–Trinajstić information content (AvgIpc) is 2.55. The van der Waals surface area contributed by atoms with Gasteiger partial charge < -0.3 is 10.1 Å². The Morgan fingerprint density at radius 2 is 1.83 bits per heavy atom. The van der Waals surface area contributed by atoms with Crippen molar-refractivity contribution < 1.29 is 14.3 Å². The average molecular weight is 311 g/mol. The van der Waals surface area contributed by atoms with Gasteiger partial charge in [-0.25, -0.2) is 4.79 Å². The molecule has 0 spiro atoms. The van der Waals surface area contributed by atoms with Gasteiger partial charge in [-0.2, -0.15) is 0 Å². The molecule has 0 aliphatic heterocycles. The highest BCUT2D eigenvalue weighted by atomic mass is 16.5. The van der Waals surface area contributed by atoms with Crippen LogP contribution in [0.1, 0.15) is 28.4 Å². The van der Waals surface area contributed by atoms with Crippen LogP contribution in [0.4, 0.5) is 0 Å². The Balaban J connectivity index is 2.13. The molecule has 0 aliphatic carbocycles. The molecule has 4 heteroatoms. The van der Waals surface area contributed by atoms with Gasteiger partial charge in [0.05, 0.1) is 6.61 Å². The standard InChI is InChI=1S/C19H21NO3/c1-3-23-19(22)17(13-15-9-5-4-6-10-15)20-18(21)16-11-7-8-14(2)12-16/h4-12,17H,3,13H2,1-2H3,(H,20,21)/t17-/m1/s1. The van der Waals surface area contributed by atoms with Crippen molar-refractivity contribution in [2.75, 3.05) is 6.61 Å². The number of rotatable bonds is 6. The predicted octanol–water partition coefficient (Wildman–Crippen LogP) is 2.90. The molecule has 23 heavy (non-hydrogen) atoms. The van der Waals surface area contributed by atoms with E-state index in [0.29, 0.717) is 12.0 Å². The third-order valence-electron chi connectivity index (χ3n) is 3.44. The third kappa shape index (κ3) is 4.95. The normalized spacial score (nSPS) is 11.6. The van der Waals surface area contributed by atoms with E-state index >= 15 is 0 Å². The number of carbonyl (C=O) groups is 2. The zero-order chi connectivity index (χ0) is 16.7. The topological polar surface area (TPSA) is 55.4 Å². The SMILES string of the molecule is CCOC(=O)[C@@H](Cc1ccccc1)NC(=O)c1cccc(C)c1. The Hall–Kier alpha value is -2.62. The molecule has 0 aromatic heterocycles. The van der Waals surface area contributed by atoms with Gasteiger partial charge in [0.25, 0.3) is 5.91 Å². The lowest BCUT2D eigenvalue weighted by Gasteiger charge is -2.17. The van der Waals surface area contributed by atoms with Gasteiger partial charge in [-0.3, -0.25) is 4.79 Å². The summed E-state index contributed by atoms with van der Waals surface area (Å²) in [6, 6.07) is 16.1. The fraction of sp³-hybridized carbons (Fsp3) is 0.263. The van der Waals surface area contributed by atoms with Crippen LogP contribution in [0.2, 0.25) is 0 Å². The highest BCUT2D eigenvalue weighted by molar-refractivity contribution is 5.97. The van der Waals surface area contributed by atoms with Crippen molar-refractivity contribution in [2.24, 2.45) is 0 Å². The Morgan fingerprint density at radius 3 is 2.48 bits per heavy atom. The molecular formula is C19H21NO3. The van der Waals surface area contributed by atoms with Gasteiger partial charge in [-0.05, 0) is 31.5 Å². The minimum atomic E-state index is -0.703. The molecule has 0 saturated carbocycles. The molecule has 2 rings (SSSR count). The number of esters is 1. The number of nitrogens with one attached hydrogen (secondary N) is 1. The molecule has 1 amide bonds. The molecule has 0 saturated heterocycles. The first-order valence-corrected chi connectivity index (χ1v) is 7.68. The summed E-state index contributed by atoms with van der Waals surface area (Å²) < 4.78 is 5.08. The molecule has 2 aromatic carbocycles. The first kappa shape index (κ1) is 16.7. The molecule has 0 heterocycles. The predicted molar refractivity (Wildman–Crippen MR) is 89.2 cm³/mol. The number of aryl methyl sites for hydroxylation is 1. The Kier molecular flexibility index (Phi) is 5.92. The van der Waals surface area contributed by atoms with E-state index in [1.165, 1.54) is 0 Å². The van der Waals surface area contributed by atoms with E-state index in [1.54, 1.807) is 19.1 Å². The van der Waals surface area contributed by atoms with Gasteiger partial charge in [0.1, 0.15) is 6.04 Å². The van der Waals surface area contributed by atoms with Crippen LogP contribution in [0.3, 0.4) is 0 Å². The maximum absolute atomic E-state index is 12.4. The minimum absolute atomic E-state index is 0.275. The van der Waals surface area contributed by atoms with Crippen LogP contribution >= 0.6 is 0 Å². The summed E-state index contributed by atoms with van der Waals surface area (Å²) in [7, 11) is 0. The van der Waals surface area contributed by atoms with Gasteiger partial charge in [0.15, 0.2) is 0 Å². The van der Waals surface area contributed by atoms with E-state index in [2.05, 4.69) is 5.32 Å². The molecule has 0 bridgehead atoms. The number of ether oxygens (including phenoxy) is 1. The van der Waals surface area contributed by atoms with Crippen molar-refractivity contribution in [3.05, 3.63) is 71.3 Å². The third-order valence-corrected chi connectivity index (χ3v) is 3.44. The van der Waals surface area contributed by atoms with Gasteiger partial charge in [0, 0.05) is 12.0 Å². The van der Waals surface area contributed by atoms with E-state index in [9.17, 15) is 9.59 Å². The van der Waals surface area contributed by atoms with Crippen molar-refractivity contribution >= 4 is 11.9 Å². The number of hydrogen-bond acceptors (Lipinski definition) is 3. The van der Waals surface area contributed by atoms with Gasteiger partial charge in [-0.1, -0.05) is 48.0 Å². The van der Waals surface area contributed by atoms with Gasteiger partial charge >= 0.3 is 5.97 Å².